The van der Waals surface area contributed by atoms with Gasteiger partial charge < -0.3 is 5.32 Å². The third kappa shape index (κ3) is 1.85. The third-order valence-electron chi connectivity index (χ3n) is 3.58. The van der Waals surface area contributed by atoms with Gasteiger partial charge in [0, 0.05) is 23.4 Å². The van der Waals surface area contributed by atoms with Gasteiger partial charge in [0.2, 0.25) is 0 Å². The lowest BCUT2D eigenvalue weighted by atomic mass is 9.77. The van der Waals surface area contributed by atoms with Gasteiger partial charge in [-0.2, -0.15) is 0 Å². The Kier molecular flexibility index (Phi) is 2.42. The summed E-state index contributed by atoms with van der Waals surface area (Å²) in [7, 11) is 0. The van der Waals surface area contributed by atoms with Crippen LogP contribution >= 0.6 is 0 Å². The second kappa shape index (κ2) is 3.34. The average molecular weight is 195 g/mol. The van der Waals surface area contributed by atoms with Gasteiger partial charge in [0.25, 0.3) is 0 Å². The van der Waals surface area contributed by atoms with E-state index in [1.54, 1.807) is 0 Å². The van der Waals surface area contributed by atoms with E-state index < -0.39 is 0 Å². The van der Waals surface area contributed by atoms with Gasteiger partial charge in [-0.1, -0.05) is 20.8 Å². The van der Waals surface area contributed by atoms with Crippen LogP contribution in [0.25, 0.3) is 0 Å². The minimum Gasteiger partial charge on any atom is -0.311 e. The van der Waals surface area contributed by atoms with Crippen LogP contribution < -0.4 is 5.32 Å². The Morgan fingerprint density at radius 2 is 1.64 bits per heavy atom. The smallest absolute Gasteiger partial charge is 0.141 e. The number of piperidine rings is 1. The van der Waals surface area contributed by atoms with Crippen molar-refractivity contribution in [2.45, 2.75) is 58.5 Å². The van der Waals surface area contributed by atoms with Crippen LogP contribution in [-0.2, 0) is 4.79 Å². The van der Waals surface area contributed by atoms with Crippen LogP contribution in [0.3, 0.4) is 0 Å². The number of carbonyl (C=O) groups excluding carboxylic acids is 1. The summed E-state index contributed by atoms with van der Waals surface area (Å²) in [5.74, 6) is 0.796. The van der Waals surface area contributed by atoms with Crippen LogP contribution in [0.2, 0.25) is 0 Å². The highest BCUT2D eigenvalue weighted by atomic mass is 16.1. The van der Waals surface area contributed by atoms with Gasteiger partial charge >= 0.3 is 0 Å². The van der Waals surface area contributed by atoms with E-state index >= 15 is 0 Å². The summed E-state index contributed by atoms with van der Waals surface area (Å²) >= 11 is 0. The van der Waals surface area contributed by atoms with Gasteiger partial charge in [-0.25, -0.2) is 0 Å². The molecule has 2 rings (SSSR count). The summed E-state index contributed by atoms with van der Waals surface area (Å²) in [4.78, 5) is 12.1. The lowest BCUT2D eigenvalue weighted by Crippen LogP contribution is -2.43. The molecule has 2 nitrogen and oxygen atoms in total. The van der Waals surface area contributed by atoms with Gasteiger partial charge in [-0.15, -0.1) is 0 Å². The van der Waals surface area contributed by atoms with Gasteiger partial charge in [0.15, 0.2) is 0 Å². The Balaban J connectivity index is 2.03. The monoisotopic (exact) mass is 195 g/mol. The van der Waals surface area contributed by atoms with Crippen molar-refractivity contribution in [1.82, 2.24) is 5.32 Å². The molecule has 0 aromatic carbocycles. The van der Waals surface area contributed by atoms with Crippen molar-refractivity contribution in [3.63, 3.8) is 0 Å². The molecule has 0 amide bonds. The first-order valence-electron chi connectivity index (χ1n) is 5.77. The van der Waals surface area contributed by atoms with Gasteiger partial charge in [0.05, 0.1) is 0 Å². The van der Waals surface area contributed by atoms with Crippen molar-refractivity contribution >= 4 is 5.78 Å². The van der Waals surface area contributed by atoms with Crippen molar-refractivity contribution < 1.29 is 4.79 Å². The lowest BCUT2D eigenvalue weighted by molar-refractivity contribution is -0.131. The maximum Gasteiger partial charge on any atom is 0.141 e. The molecule has 0 spiro atoms. The normalized spacial score (nSPS) is 37.2. The van der Waals surface area contributed by atoms with Crippen LogP contribution in [0, 0.1) is 11.3 Å². The van der Waals surface area contributed by atoms with Crippen LogP contribution in [0.4, 0.5) is 0 Å². The summed E-state index contributed by atoms with van der Waals surface area (Å²) in [6.45, 7) is 6.12. The van der Waals surface area contributed by atoms with E-state index in [1.165, 1.54) is 12.8 Å². The Morgan fingerprint density at radius 1 is 1.14 bits per heavy atom. The number of hydrogen-bond donors (Lipinski definition) is 1. The maximum atomic E-state index is 12.1. The molecule has 2 fully saturated rings. The molecule has 80 valence electrons. The van der Waals surface area contributed by atoms with Gasteiger partial charge in [-0.3, -0.25) is 4.79 Å². The number of Topliss-reactive ketones (excluding diaryl/α,β-unsaturated/α-hetero) is 1. The number of nitrogens with one attached hydrogen (secondary N) is 1. The Morgan fingerprint density at radius 3 is 2.07 bits per heavy atom. The molecule has 2 unspecified atom stereocenters. The molecule has 2 heteroatoms. The molecule has 0 aliphatic carbocycles. The molecule has 2 aliphatic heterocycles. The fourth-order valence-electron chi connectivity index (χ4n) is 2.88. The molecule has 2 bridgehead atoms. The molecular formula is C12H21NO. The summed E-state index contributed by atoms with van der Waals surface area (Å²) in [6.07, 6.45) is 4.70. The Hall–Kier alpha value is -0.370. The van der Waals surface area contributed by atoms with E-state index in [4.69, 9.17) is 0 Å². The minimum absolute atomic E-state index is 0.151. The SMILES string of the molecule is CC(C)(C)C(=O)C1CC2CCC(C1)N2. The average Bonchev–Trinajstić information content (AvgIpc) is 2.42. The molecule has 2 heterocycles. The molecule has 0 saturated carbocycles. The first-order chi connectivity index (χ1) is 6.47. The summed E-state index contributed by atoms with van der Waals surface area (Å²) in [5.41, 5.74) is -0.151. The minimum atomic E-state index is -0.151. The van der Waals surface area contributed by atoms with Crippen molar-refractivity contribution in [2.75, 3.05) is 0 Å². The standard InChI is InChI=1S/C12H21NO/c1-12(2,3)11(14)8-6-9-4-5-10(7-8)13-9/h8-10,13H,4-7H2,1-3H3. The summed E-state index contributed by atoms with van der Waals surface area (Å²) in [5, 5.41) is 3.57. The van der Waals surface area contributed by atoms with Crippen molar-refractivity contribution in [1.29, 1.82) is 0 Å². The zero-order valence-corrected chi connectivity index (χ0v) is 9.47. The number of rotatable bonds is 1. The molecule has 2 aliphatic rings. The number of ketones is 1. The van der Waals surface area contributed by atoms with Crippen molar-refractivity contribution in [3.05, 3.63) is 0 Å². The highest BCUT2D eigenvalue weighted by Crippen LogP contribution is 2.35. The first kappa shape index (κ1) is 10.2. The fourth-order valence-corrected chi connectivity index (χ4v) is 2.88. The molecule has 0 aromatic rings. The second-order valence-corrected chi connectivity index (χ2v) is 5.92. The van der Waals surface area contributed by atoms with Gasteiger partial charge in [0.1, 0.15) is 5.78 Å². The van der Waals surface area contributed by atoms with Gasteiger partial charge in [-0.05, 0) is 25.7 Å². The highest BCUT2D eigenvalue weighted by Gasteiger charge is 2.39. The van der Waals surface area contributed by atoms with E-state index in [1.807, 2.05) is 20.8 Å². The van der Waals surface area contributed by atoms with E-state index in [0.29, 0.717) is 23.8 Å². The summed E-state index contributed by atoms with van der Waals surface area (Å²) < 4.78 is 0. The lowest BCUT2D eigenvalue weighted by Gasteiger charge is -2.32. The second-order valence-electron chi connectivity index (χ2n) is 5.92. The van der Waals surface area contributed by atoms with E-state index in [2.05, 4.69) is 5.32 Å². The van der Waals surface area contributed by atoms with Crippen LogP contribution in [0.1, 0.15) is 46.5 Å². The number of carbonyl (C=O) groups is 1. The largest absolute Gasteiger partial charge is 0.311 e. The fraction of sp³-hybridized carbons (Fsp3) is 0.917. The zero-order chi connectivity index (χ0) is 10.3. The molecular weight excluding hydrogens is 174 g/mol. The Labute approximate surface area is 86.5 Å². The highest BCUT2D eigenvalue weighted by molar-refractivity contribution is 5.86. The number of hydrogen-bond acceptors (Lipinski definition) is 2. The molecule has 0 radical (unpaired) electrons. The molecule has 0 aromatic heterocycles. The predicted octanol–water partition coefficient (Wildman–Crippen LogP) is 2.13. The molecule has 1 N–H and O–H groups in total. The number of fused-ring (bicyclic) bond motifs is 2. The first-order valence-corrected chi connectivity index (χ1v) is 5.77. The van der Waals surface area contributed by atoms with Crippen LogP contribution in [0.5, 0.6) is 0 Å². The van der Waals surface area contributed by atoms with Crippen molar-refractivity contribution in [2.24, 2.45) is 11.3 Å². The molecule has 2 saturated heterocycles. The predicted molar refractivity (Wildman–Crippen MR) is 57.1 cm³/mol. The quantitative estimate of drug-likeness (QED) is 0.694. The molecule has 2 atom stereocenters. The van der Waals surface area contributed by atoms with E-state index in [9.17, 15) is 4.79 Å². The zero-order valence-electron chi connectivity index (χ0n) is 9.47. The van der Waals surface area contributed by atoms with Crippen LogP contribution in [-0.4, -0.2) is 17.9 Å². The van der Waals surface area contributed by atoms with E-state index in [-0.39, 0.29) is 5.41 Å². The van der Waals surface area contributed by atoms with E-state index in [0.717, 1.165) is 12.8 Å². The Bertz CT molecular complexity index is 229. The van der Waals surface area contributed by atoms with Crippen molar-refractivity contribution in [3.8, 4) is 0 Å². The summed E-state index contributed by atoms with van der Waals surface area (Å²) in [6, 6.07) is 1.26. The third-order valence-corrected chi connectivity index (χ3v) is 3.58. The van der Waals surface area contributed by atoms with Crippen LogP contribution in [0.15, 0.2) is 0 Å². The molecule has 14 heavy (non-hydrogen) atoms. The maximum absolute atomic E-state index is 12.1. The topological polar surface area (TPSA) is 29.1 Å².